The molecule has 3 heteroatoms. The lowest BCUT2D eigenvalue weighted by atomic mass is 9.92. The van der Waals surface area contributed by atoms with Crippen molar-refractivity contribution < 1.29 is 14.3 Å². The van der Waals surface area contributed by atoms with E-state index in [1.54, 1.807) is 0 Å². The van der Waals surface area contributed by atoms with E-state index in [4.69, 9.17) is 4.74 Å². The third-order valence-corrected chi connectivity index (χ3v) is 6.62. The summed E-state index contributed by atoms with van der Waals surface area (Å²) in [5.74, 6) is 0.547. The van der Waals surface area contributed by atoms with Crippen molar-refractivity contribution >= 4 is 12.3 Å². The van der Waals surface area contributed by atoms with Crippen molar-refractivity contribution in [2.75, 3.05) is 6.61 Å². The number of rotatable bonds is 26. The molecule has 0 rings (SSSR count). The zero-order valence-electron chi connectivity index (χ0n) is 22.3. The predicted octanol–water partition coefficient (Wildman–Crippen LogP) is 9.52. The average molecular weight is 465 g/mol. The molecule has 1 atom stereocenters. The Morgan fingerprint density at radius 1 is 0.667 bits per heavy atom. The number of esters is 1. The second-order valence-electron chi connectivity index (χ2n) is 9.84. The van der Waals surface area contributed by atoms with Crippen molar-refractivity contribution in [3.05, 3.63) is 12.2 Å². The number of carbonyl (C=O) groups is 2. The van der Waals surface area contributed by atoms with E-state index in [0.29, 0.717) is 18.9 Å². The number of carbonyl (C=O) groups excluding carboxylic acids is 2. The van der Waals surface area contributed by atoms with Gasteiger partial charge in [-0.1, -0.05) is 135 Å². The predicted molar refractivity (Wildman–Crippen MR) is 143 cm³/mol. The molecule has 0 aromatic rings. The van der Waals surface area contributed by atoms with Crippen molar-refractivity contribution in [2.45, 2.75) is 155 Å². The summed E-state index contributed by atoms with van der Waals surface area (Å²) in [4.78, 5) is 22.7. The van der Waals surface area contributed by atoms with Crippen molar-refractivity contribution in [3.63, 3.8) is 0 Å². The SMILES string of the molecule is CCCCC/C=C\COC(=O)CCCCCCCCCC(CC=O)CCCCCCCCC. The van der Waals surface area contributed by atoms with Gasteiger partial charge in [0.15, 0.2) is 0 Å². The maximum absolute atomic E-state index is 11.7. The molecular formula is C30H56O3. The summed E-state index contributed by atoms with van der Waals surface area (Å²) in [5.41, 5.74) is 0. The van der Waals surface area contributed by atoms with Gasteiger partial charge in [0.1, 0.15) is 12.9 Å². The van der Waals surface area contributed by atoms with Crippen LogP contribution in [0.15, 0.2) is 12.2 Å². The molecule has 0 amide bonds. The Kier molecular flexibility index (Phi) is 26.2. The van der Waals surface area contributed by atoms with Gasteiger partial charge in [-0.05, 0) is 25.2 Å². The van der Waals surface area contributed by atoms with Gasteiger partial charge in [-0.3, -0.25) is 4.79 Å². The highest BCUT2D eigenvalue weighted by Crippen LogP contribution is 2.21. The minimum atomic E-state index is -0.0598. The lowest BCUT2D eigenvalue weighted by Crippen LogP contribution is -2.04. The number of aldehydes is 1. The van der Waals surface area contributed by atoms with Crippen LogP contribution < -0.4 is 0 Å². The highest BCUT2D eigenvalue weighted by Gasteiger charge is 2.08. The Morgan fingerprint density at radius 3 is 1.76 bits per heavy atom. The van der Waals surface area contributed by atoms with Crippen LogP contribution in [-0.4, -0.2) is 18.9 Å². The summed E-state index contributed by atoms with van der Waals surface area (Å²) >= 11 is 0. The van der Waals surface area contributed by atoms with Crippen LogP contribution in [0.2, 0.25) is 0 Å². The second kappa shape index (κ2) is 27.1. The lowest BCUT2D eigenvalue weighted by molar-refractivity contribution is -0.142. The van der Waals surface area contributed by atoms with E-state index in [2.05, 4.69) is 19.9 Å². The van der Waals surface area contributed by atoms with E-state index in [9.17, 15) is 9.59 Å². The molecule has 0 aliphatic rings. The van der Waals surface area contributed by atoms with Crippen LogP contribution >= 0.6 is 0 Å². The van der Waals surface area contributed by atoms with Crippen LogP contribution in [0.3, 0.4) is 0 Å². The van der Waals surface area contributed by atoms with Crippen LogP contribution in [-0.2, 0) is 14.3 Å². The molecular weight excluding hydrogens is 408 g/mol. The molecule has 3 nitrogen and oxygen atoms in total. The first-order valence-corrected chi connectivity index (χ1v) is 14.5. The second-order valence-corrected chi connectivity index (χ2v) is 9.84. The van der Waals surface area contributed by atoms with E-state index in [0.717, 1.165) is 32.0 Å². The van der Waals surface area contributed by atoms with E-state index in [1.807, 2.05) is 6.08 Å². The molecule has 0 N–H and O–H groups in total. The molecule has 33 heavy (non-hydrogen) atoms. The third-order valence-electron chi connectivity index (χ3n) is 6.62. The third kappa shape index (κ3) is 25.3. The summed E-state index contributed by atoms with van der Waals surface area (Å²) in [7, 11) is 0. The Morgan fingerprint density at radius 2 is 1.18 bits per heavy atom. The zero-order chi connectivity index (χ0) is 24.2. The summed E-state index contributed by atoms with van der Waals surface area (Å²) in [6.45, 7) is 4.89. The van der Waals surface area contributed by atoms with E-state index in [-0.39, 0.29) is 5.97 Å². The molecule has 194 valence electrons. The molecule has 0 aliphatic carbocycles. The molecule has 1 unspecified atom stereocenters. The smallest absolute Gasteiger partial charge is 0.306 e. The topological polar surface area (TPSA) is 43.4 Å². The standard InChI is InChI=1S/C30H56O3/c1-3-5-7-9-12-15-19-23-29(26-27-31)24-20-16-13-11-14-17-21-25-30(32)33-28-22-18-10-8-6-4-2/h18,22,27,29H,3-17,19-21,23-26,28H2,1-2H3/b22-18-. The van der Waals surface area contributed by atoms with Gasteiger partial charge in [-0.15, -0.1) is 0 Å². The Hall–Kier alpha value is -1.12. The van der Waals surface area contributed by atoms with Crippen LogP contribution in [0.1, 0.15) is 155 Å². The molecule has 0 saturated carbocycles. The first-order valence-electron chi connectivity index (χ1n) is 14.5. The van der Waals surface area contributed by atoms with Gasteiger partial charge in [0.2, 0.25) is 0 Å². The molecule has 0 aromatic carbocycles. The molecule has 0 aromatic heterocycles. The summed E-state index contributed by atoms with van der Waals surface area (Å²) in [6, 6.07) is 0. The van der Waals surface area contributed by atoms with Crippen LogP contribution in [0.25, 0.3) is 0 Å². The molecule has 0 heterocycles. The maximum Gasteiger partial charge on any atom is 0.306 e. The first kappa shape index (κ1) is 31.9. The highest BCUT2D eigenvalue weighted by molar-refractivity contribution is 5.69. The largest absolute Gasteiger partial charge is 0.461 e. The van der Waals surface area contributed by atoms with Gasteiger partial charge in [0.05, 0.1) is 0 Å². The monoisotopic (exact) mass is 464 g/mol. The quantitative estimate of drug-likeness (QED) is 0.0554. The summed E-state index contributed by atoms with van der Waals surface area (Å²) < 4.78 is 5.26. The van der Waals surface area contributed by atoms with Gasteiger partial charge in [-0.25, -0.2) is 0 Å². The molecule has 0 bridgehead atoms. The van der Waals surface area contributed by atoms with Gasteiger partial charge in [-0.2, -0.15) is 0 Å². The fourth-order valence-corrected chi connectivity index (χ4v) is 4.40. The molecule has 0 radical (unpaired) electrons. The minimum absolute atomic E-state index is 0.0598. The number of hydrogen-bond donors (Lipinski definition) is 0. The first-order chi connectivity index (χ1) is 16.2. The van der Waals surface area contributed by atoms with Crippen molar-refractivity contribution in [2.24, 2.45) is 5.92 Å². The van der Waals surface area contributed by atoms with Crippen molar-refractivity contribution in [1.82, 2.24) is 0 Å². The number of allylic oxidation sites excluding steroid dienone is 1. The van der Waals surface area contributed by atoms with Crippen LogP contribution in [0.4, 0.5) is 0 Å². The van der Waals surface area contributed by atoms with Gasteiger partial charge < -0.3 is 9.53 Å². The van der Waals surface area contributed by atoms with Crippen molar-refractivity contribution in [1.29, 1.82) is 0 Å². The molecule has 0 spiro atoms. The lowest BCUT2D eigenvalue weighted by Gasteiger charge is -2.14. The Bertz CT molecular complexity index is 444. The van der Waals surface area contributed by atoms with Crippen molar-refractivity contribution in [3.8, 4) is 0 Å². The number of hydrogen-bond acceptors (Lipinski definition) is 3. The zero-order valence-corrected chi connectivity index (χ0v) is 22.3. The normalized spacial score (nSPS) is 12.3. The molecule has 0 aliphatic heterocycles. The van der Waals surface area contributed by atoms with Crippen LogP contribution in [0, 0.1) is 5.92 Å². The van der Waals surface area contributed by atoms with E-state index < -0.39 is 0 Å². The average Bonchev–Trinajstić information content (AvgIpc) is 2.81. The van der Waals surface area contributed by atoms with Gasteiger partial charge >= 0.3 is 5.97 Å². The summed E-state index contributed by atoms with van der Waals surface area (Å²) in [5, 5.41) is 0. The van der Waals surface area contributed by atoms with E-state index in [1.165, 1.54) is 109 Å². The van der Waals surface area contributed by atoms with Gasteiger partial charge in [0, 0.05) is 12.8 Å². The Balaban J connectivity index is 3.50. The summed E-state index contributed by atoms with van der Waals surface area (Å²) in [6.07, 6.45) is 31.6. The number of unbranched alkanes of at least 4 members (excludes halogenated alkanes) is 15. The fraction of sp³-hybridized carbons (Fsp3) is 0.867. The van der Waals surface area contributed by atoms with Crippen LogP contribution in [0.5, 0.6) is 0 Å². The highest BCUT2D eigenvalue weighted by atomic mass is 16.5. The maximum atomic E-state index is 11.7. The Labute approximate surface area is 206 Å². The molecule has 0 fully saturated rings. The molecule has 0 saturated heterocycles. The van der Waals surface area contributed by atoms with Gasteiger partial charge in [0.25, 0.3) is 0 Å². The van der Waals surface area contributed by atoms with E-state index >= 15 is 0 Å². The number of ether oxygens (including phenoxy) is 1. The minimum Gasteiger partial charge on any atom is -0.461 e. The fourth-order valence-electron chi connectivity index (χ4n) is 4.40.